The maximum atomic E-state index is 13.0. The van der Waals surface area contributed by atoms with Crippen LogP contribution in [0.3, 0.4) is 0 Å². The Bertz CT molecular complexity index is 1260. The number of ether oxygens (including phenoxy) is 1. The Morgan fingerprint density at radius 3 is 2.50 bits per heavy atom. The molecule has 2 aromatic carbocycles. The quantitative estimate of drug-likeness (QED) is 0.305. The molecule has 5 rings (SSSR count). The van der Waals surface area contributed by atoms with E-state index in [0.29, 0.717) is 17.4 Å². The molecule has 2 aliphatic rings. The summed E-state index contributed by atoms with van der Waals surface area (Å²) in [5.74, 6) is -0.191. The number of carbonyl (C=O) groups excluding carboxylic acids is 3. The Morgan fingerprint density at radius 2 is 1.79 bits per heavy atom. The second kappa shape index (κ2) is 12.3. The highest BCUT2D eigenvalue weighted by Crippen LogP contribution is 2.19. The summed E-state index contributed by atoms with van der Waals surface area (Å²) in [6.07, 6.45) is 0.226. The van der Waals surface area contributed by atoms with Crippen molar-refractivity contribution in [3.63, 3.8) is 0 Å². The molecule has 3 atom stereocenters. The minimum Gasteiger partial charge on any atom is -0.492 e. The lowest BCUT2D eigenvalue weighted by molar-refractivity contribution is -0.131. The van der Waals surface area contributed by atoms with Gasteiger partial charge in [-0.25, -0.2) is 9.67 Å². The number of nitrogens with one attached hydrogen (secondary N) is 3. The van der Waals surface area contributed by atoms with Gasteiger partial charge in [-0.1, -0.05) is 42.5 Å². The van der Waals surface area contributed by atoms with Gasteiger partial charge in [-0.3, -0.25) is 14.4 Å². The molecule has 0 saturated heterocycles. The molecule has 0 radical (unpaired) electrons. The van der Waals surface area contributed by atoms with Crippen LogP contribution in [-0.4, -0.2) is 69.4 Å². The maximum Gasteiger partial charge on any atom is 0.245 e. The van der Waals surface area contributed by atoms with Crippen LogP contribution >= 0.6 is 0 Å². The zero-order valence-corrected chi connectivity index (χ0v) is 21.0. The van der Waals surface area contributed by atoms with Crippen molar-refractivity contribution in [3.8, 4) is 17.1 Å². The fourth-order valence-electron chi connectivity index (χ4n) is 3.97. The summed E-state index contributed by atoms with van der Waals surface area (Å²) in [6.45, 7) is 1.43. The molecular weight excluding hydrogens is 490 g/mol. The Kier molecular flexibility index (Phi) is 8.66. The van der Waals surface area contributed by atoms with Crippen LogP contribution in [0.5, 0.6) is 5.75 Å². The lowest BCUT2D eigenvalue weighted by Gasteiger charge is -2.21. The highest BCUT2D eigenvalue weighted by Gasteiger charge is 2.27. The topological polar surface area (TPSA) is 173 Å². The third-order valence-corrected chi connectivity index (χ3v) is 6.00. The first-order chi connectivity index (χ1) is 18.3. The number of rotatable bonds is 2. The molecule has 3 heterocycles. The van der Waals surface area contributed by atoms with Crippen molar-refractivity contribution in [1.82, 2.24) is 30.7 Å². The van der Waals surface area contributed by atoms with Crippen molar-refractivity contribution in [2.24, 2.45) is 5.73 Å². The van der Waals surface area contributed by atoms with E-state index in [4.69, 9.17) is 10.5 Å². The molecule has 2 aliphatic heterocycles. The van der Waals surface area contributed by atoms with Crippen molar-refractivity contribution in [2.75, 3.05) is 19.8 Å². The van der Waals surface area contributed by atoms with Gasteiger partial charge in [-0.15, -0.1) is 0 Å². The third kappa shape index (κ3) is 6.72. The number of benzene rings is 2. The predicted molar refractivity (Wildman–Crippen MR) is 138 cm³/mol. The van der Waals surface area contributed by atoms with Gasteiger partial charge in [0.2, 0.25) is 17.7 Å². The van der Waals surface area contributed by atoms with Crippen LogP contribution in [0, 0.1) is 0 Å². The summed E-state index contributed by atoms with van der Waals surface area (Å²) < 4.78 is 7.11. The number of hydrogen-bond acceptors (Lipinski definition) is 8. The summed E-state index contributed by atoms with van der Waals surface area (Å²) in [7, 11) is 0. The van der Waals surface area contributed by atoms with Crippen LogP contribution in [0.25, 0.3) is 11.4 Å². The summed E-state index contributed by atoms with van der Waals surface area (Å²) >= 11 is 0. The van der Waals surface area contributed by atoms with E-state index in [-0.39, 0.29) is 32.0 Å². The molecule has 0 spiro atoms. The van der Waals surface area contributed by atoms with Crippen molar-refractivity contribution >= 4 is 17.7 Å². The Labute approximate surface area is 219 Å². The maximum absolute atomic E-state index is 13.0. The average molecular weight is 522 g/mol. The molecule has 6 N–H and O–H groups in total. The van der Waals surface area contributed by atoms with E-state index < -0.39 is 36.5 Å². The van der Waals surface area contributed by atoms with E-state index in [9.17, 15) is 19.5 Å². The number of aliphatic hydroxyl groups excluding tert-OH is 1. The van der Waals surface area contributed by atoms with E-state index in [1.54, 1.807) is 31.2 Å². The van der Waals surface area contributed by atoms with Gasteiger partial charge in [0.05, 0.1) is 25.2 Å². The first-order valence-electron chi connectivity index (χ1n) is 12.3. The van der Waals surface area contributed by atoms with E-state index in [1.807, 2.05) is 30.3 Å². The summed E-state index contributed by atoms with van der Waals surface area (Å²) in [5, 5.41) is 22.3. The Hall–Kier alpha value is -4.29. The van der Waals surface area contributed by atoms with Gasteiger partial charge in [-0.05, 0) is 31.0 Å². The molecule has 3 aromatic rings. The number of hydrogen-bond donors (Lipinski definition) is 5. The molecule has 0 aliphatic carbocycles. The Morgan fingerprint density at radius 1 is 1.05 bits per heavy atom. The molecule has 3 amide bonds. The first-order valence-corrected chi connectivity index (χ1v) is 12.3. The number of amides is 3. The number of aliphatic hydroxyl groups is 1. The zero-order chi connectivity index (χ0) is 27.1. The van der Waals surface area contributed by atoms with E-state index >= 15 is 0 Å². The summed E-state index contributed by atoms with van der Waals surface area (Å²) in [5.41, 5.74) is 7.60. The van der Waals surface area contributed by atoms with E-state index in [0.717, 1.165) is 11.1 Å². The minimum absolute atomic E-state index is 0.140. The fraction of sp³-hybridized carbons (Fsp3) is 0.346. The zero-order valence-electron chi connectivity index (χ0n) is 21.0. The molecule has 200 valence electrons. The highest BCUT2D eigenvalue weighted by molar-refractivity contribution is 5.90. The number of aromatic nitrogens is 3. The molecule has 2 bridgehead atoms. The largest absolute Gasteiger partial charge is 0.492 e. The van der Waals surface area contributed by atoms with Crippen LogP contribution in [-0.2, 0) is 27.3 Å². The molecule has 0 saturated carbocycles. The van der Waals surface area contributed by atoms with Crippen LogP contribution in [0.15, 0.2) is 54.6 Å². The highest BCUT2D eigenvalue weighted by atomic mass is 16.5. The smallest absolute Gasteiger partial charge is 0.245 e. The molecule has 1 aromatic heterocycles. The second-order valence-electron chi connectivity index (χ2n) is 8.94. The lowest BCUT2D eigenvalue weighted by atomic mass is 10.1. The fourth-order valence-corrected chi connectivity index (χ4v) is 3.97. The predicted octanol–water partition coefficient (Wildman–Crippen LogP) is -0.322. The van der Waals surface area contributed by atoms with E-state index in [1.165, 1.54) is 4.68 Å². The van der Waals surface area contributed by atoms with Gasteiger partial charge >= 0.3 is 0 Å². The monoisotopic (exact) mass is 521 g/mol. The molecule has 0 fully saturated rings. The second-order valence-corrected chi connectivity index (χ2v) is 8.94. The van der Waals surface area contributed by atoms with Gasteiger partial charge in [0.25, 0.3) is 0 Å². The van der Waals surface area contributed by atoms with Crippen LogP contribution in [0.2, 0.25) is 0 Å². The first kappa shape index (κ1) is 26.8. The Balaban J connectivity index is 1.61. The van der Waals surface area contributed by atoms with Gasteiger partial charge in [-0.2, -0.15) is 5.10 Å². The SMILES string of the molecule is C[C@@H]1NC(=O)[C@H](CO)NC(=O)[C@@H](N)Cc2ccc(cc2)OCCNC(=O)Cn2nc(-c3ccccc3)nc21. The van der Waals surface area contributed by atoms with Gasteiger partial charge < -0.3 is 31.5 Å². The standard InChI is InChI=1S/C26H31N7O5/c1-16-24-31-23(18-5-3-2-4-6-18)32-33(24)14-22(35)28-11-12-38-19-9-7-17(8-10-19)13-20(27)25(36)30-21(15-34)26(37)29-16/h2-10,16,20-21,34H,11-15,27H2,1H3,(H,28,35)(H,29,37)(H,30,36)/t16-,20-,21-/m0/s1. The summed E-state index contributed by atoms with van der Waals surface area (Å²) in [4.78, 5) is 42.9. The van der Waals surface area contributed by atoms with Crippen molar-refractivity contribution < 1.29 is 24.2 Å². The van der Waals surface area contributed by atoms with Crippen molar-refractivity contribution in [1.29, 1.82) is 0 Å². The van der Waals surface area contributed by atoms with E-state index in [2.05, 4.69) is 26.0 Å². The normalized spacial score (nSPS) is 21.4. The van der Waals surface area contributed by atoms with Crippen LogP contribution < -0.4 is 26.4 Å². The lowest BCUT2D eigenvalue weighted by Crippen LogP contribution is -2.54. The number of nitrogens with two attached hydrogens (primary N) is 1. The van der Waals surface area contributed by atoms with Gasteiger partial charge in [0, 0.05) is 5.56 Å². The minimum atomic E-state index is -1.23. The molecule has 38 heavy (non-hydrogen) atoms. The summed E-state index contributed by atoms with van der Waals surface area (Å²) in [6, 6.07) is 13.4. The molecule has 12 nitrogen and oxygen atoms in total. The average Bonchev–Trinajstić information content (AvgIpc) is 3.34. The van der Waals surface area contributed by atoms with Crippen molar-refractivity contribution in [2.45, 2.75) is 38.0 Å². The van der Waals surface area contributed by atoms with Gasteiger partial charge in [0.1, 0.15) is 30.8 Å². The molecule has 12 heteroatoms. The molecule has 0 unspecified atom stereocenters. The number of carbonyl (C=O) groups is 3. The van der Waals surface area contributed by atoms with Gasteiger partial charge in [0.15, 0.2) is 5.82 Å². The van der Waals surface area contributed by atoms with Crippen LogP contribution in [0.1, 0.15) is 24.4 Å². The van der Waals surface area contributed by atoms with Crippen molar-refractivity contribution in [3.05, 3.63) is 66.0 Å². The number of fused-ring (bicyclic) bond motifs is 14. The van der Waals surface area contributed by atoms with Crippen LogP contribution in [0.4, 0.5) is 0 Å². The third-order valence-electron chi connectivity index (χ3n) is 6.00. The molecular formula is C26H31N7O5. The number of nitrogens with zero attached hydrogens (tertiary/aromatic N) is 3.